The Labute approximate surface area is 247 Å². The molecule has 0 spiro atoms. The molecule has 1 N–H and O–H groups in total. The summed E-state index contributed by atoms with van der Waals surface area (Å²) in [5.74, 6) is 0.267. The molecule has 0 atom stereocenters. The molecule has 216 valence electrons. The van der Waals surface area contributed by atoms with E-state index in [0.29, 0.717) is 17.4 Å². The second kappa shape index (κ2) is 12.7. The Balaban J connectivity index is 1.10. The number of aromatic nitrogens is 2. The normalized spacial score (nSPS) is 15.9. The zero-order valence-electron chi connectivity index (χ0n) is 24.3. The van der Waals surface area contributed by atoms with Crippen LogP contribution in [0.3, 0.4) is 0 Å². The first-order chi connectivity index (χ1) is 20.6. The Bertz CT molecular complexity index is 1570. The number of hydrogen-bond donors (Lipinski definition) is 1. The smallest absolute Gasteiger partial charge is 0.338 e. The van der Waals surface area contributed by atoms with E-state index in [1.165, 1.54) is 23.8 Å². The lowest BCUT2D eigenvalue weighted by Gasteiger charge is -2.33. The van der Waals surface area contributed by atoms with E-state index >= 15 is 0 Å². The first-order valence-electron chi connectivity index (χ1n) is 14.7. The lowest BCUT2D eigenvalue weighted by molar-refractivity contribution is 0.0600. The Hall–Kier alpha value is -4.27. The topological polar surface area (TPSA) is 83.7 Å². The van der Waals surface area contributed by atoms with Gasteiger partial charge in [0.15, 0.2) is 0 Å². The third kappa shape index (κ3) is 6.30. The van der Waals surface area contributed by atoms with Gasteiger partial charge >= 0.3 is 12.0 Å². The summed E-state index contributed by atoms with van der Waals surface area (Å²) in [5.41, 5.74) is 8.39. The van der Waals surface area contributed by atoms with Gasteiger partial charge in [0.1, 0.15) is 0 Å². The predicted molar refractivity (Wildman–Crippen MR) is 166 cm³/mol. The number of hydrogen-bond acceptors (Lipinski definition) is 8. The van der Waals surface area contributed by atoms with E-state index in [1.54, 1.807) is 0 Å². The highest BCUT2D eigenvalue weighted by atomic mass is 16.5. The molecule has 0 aliphatic carbocycles. The Morgan fingerprint density at radius 2 is 1.76 bits per heavy atom. The average Bonchev–Trinajstić information content (AvgIpc) is 3.54. The van der Waals surface area contributed by atoms with E-state index < -0.39 is 0 Å². The quantitative estimate of drug-likeness (QED) is 0.292. The van der Waals surface area contributed by atoms with Gasteiger partial charge in [-0.1, -0.05) is 71.4 Å². The highest BCUT2D eigenvalue weighted by molar-refractivity contribution is 5.96. The maximum Gasteiger partial charge on any atom is 0.338 e. The standard InChI is InChI=1S/C34H37N5O3/c1-24-4-3-5-25(22-24)14-17-38-18-20-39(21-19-38)34-36-32(37-42-34)28-8-6-26(7-9-28)29-10-11-30(33(40)41-2)31(23-29)27-12-15-35-16-13-27/h3-12,22-23,35H,13-21H2,1-2H3. The van der Waals surface area contributed by atoms with E-state index in [9.17, 15) is 4.79 Å². The third-order valence-electron chi connectivity index (χ3n) is 8.17. The fraction of sp³-hybridized carbons (Fsp3) is 0.324. The number of ether oxygens (including phenoxy) is 1. The summed E-state index contributed by atoms with van der Waals surface area (Å²) in [7, 11) is 1.42. The summed E-state index contributed by atoms with van der Waals surface area (Å²) in [6.45, 7) is 8.57. The van der Waals surface area contributed by atoms with Crippen molar-refractivity contribution >= 4 is 17.6 Å². The molecule has 2 aliphatic heterocycles. The van der Waals surface area contributed by atoms with Crippen molar-refractivity contribution in [2.24, 2.45) is 0 Å². The molecule has 1 saturated heterocycles. The molecule has 2 aliphatic rings. The van der Waals surface area contributed by atoms with Crippen LogP contribution in [-0.4, -0.2) is 73.9 Å². The number of rotatable bonds is 8. The van der Waals surface area contributed by atoms with Crippen LogP contribution >= 0.6 is 0 Å². The van der Waals surface area contributed by atoms with Gasteiger partial charge in [0, 0.05) is 44.8 Å². The summed E-state index contributed by atoms with van der Waals surface area (Å²) in [5, 5.41) is 7.61. The summed E-state index contributed by atoms with van der Waals surface area (Å²) < 4.78 is 10.7. The molecule has 42 heavy (non-hydrogen) atoms. The molecule has 0 amide bonds. The third-order valence-corrected chi connectivity index (χ3v) is 8.17. The molecule has 3 aromatic carbocycles. The van der Waals surface area contributed by atoms with Crippen molar-refractivity contribution in [3.8, 4) is 22.5 Å². The van der Waals surface area contributed by atoms with Gasteiger partial charge in [0.05, 0.1) is 12.7 Å². The van der Waals surface area contributed by atoms with Crippen LogP contribution < -0.4 is 10.2 Å². The molecule has 1 fully saturated rings. The summed E-state index contributed by atoms with van der Waals surface area (Å²) >= 11 is 0. The van der Waals surface area contributed by atoms with Crippen LogP contribution in [0.5, 0.6) is 0 Å². The Morgan fingerprint density at radius 1 is 0.976 bits per heavy atom. The molecular formula is C34H37N5O3. The largest absolute Gasteiger partial charge is 0.465 e. The van der Waals surface area contributed by atoms with E-state index in [0.717, 1.165) is 80.9 Å². The van der Waals surface area contributed by atoms with Crippen molar-refractivity contribution in [2.75, 3.05) is 57.8 Å². The molecule has 8 heteroatoms. The Kier molecular flexibility index (Phi) is 8.44. The number of piperazine rings is 1. The lowest BCUT2D eigenvalue weighted by Crippen LogP contribution is -2.47. The zero-order chi connectivity index (χ0) is 28.9. The zero-order valence-corrected chi connectivity index (χ0v) is 24.3. The minimum absolute atomic E-state index is 0.317. The molecule has 1 aromatic heterocycles. The molecule has 6 rings (SSSR count). The van der Waals surface area contributed by atoms with Crippen molar-refractivity contribution in [3.63, 3.8) is 0 Å². The molecule has 4 aromatic rings. The number of carbonyl (C=O) groups excluding carboxylic acids is 1. The molecule has 0 saturated carbocycles. The molecule has 3 heterocycles. The predicted octanol–water partition coefficient (Wildman–Crippen LogP) is 5.24. The second-order valence-corrected chi connectivity index (χ2v) is 11.0. The molecule has 0 radical (unpaired) electrons. The first-order valence-corrected chi connectivity index (χ1v) is 14.7. The van der Waals surface area contributed by atoms with Crippen LogP contribution in [0.2, 0.25) is 0 Å². The van der Waals surface area contributed by atoms with Gasteiger partial charge in [-0.2, -0.15) is 4.98 Å². The minimum Gasteiger partial charge on any atom is -0.465 e. The summed E-state index contributed by atoms with van der Waals surface area (Å²) in [6.07, 6.45) is 4.08. The second-order valence-electron chi connectivity index (χ2n) is 11.0. The maximum atomic E-state index is 12.5. The highest BCUT2D eigenvalue weighted by Crippen LogP contribution is 2.31. The minimum atomic E-state index is -0.317. The van der Waals surface area contributed by atoms with Crippen LogP contribution in [0.4, 0.5) is 6.01 Å². The van der Waals surface area contributed by atoms with Crippen LogP contribution in [0.15, 0.2) is 77.3 Å². The number of esters is 1. The fourth-order valence-electron chi connectivity index (χ4n) is 5.74. The van der Waals surface area contributed by atoms with Crippen molar-refractivity contribution in [3.05, 3.63) is 95.1 Å². The van der Waals surface area contributed by atoms with Gasteiger partial charge in [-0.25, -0.2) is 4.79 Å². The number of carbonyl (C=O) groups is 1. The number of anilines is 1. The highest BCUT2D eigenvalue weighted by Gasteiger charge is 2.22. The number of aryl methyl sites for hydroxylation is 1. The van der Waals surface area contributed by atoms with Gasteiger partial charge in [-0.15, -0.1) is 0 Å². The number of methoxy groups -OCH3 is 1. The summed E-state index contributed by atoms with van der Waals surface area (Å²) in [6, 6.07) is 23.4. The van der Waals surface area contributed by atoms with E-state index in [1.807, 2.05) is 24.3 Å². The van der Waals surface area contributed by atoms with Gasteiger partial charge < -0.3 is 19.5 Å². The van der Waals surface area contributed by atoms with Crippen LogP contribution in [0.1, 0.15) is 33.5 Å². The maximum absolute atomic E-state index is 12.5. The van der Waals surface area contributed by atoms with E-state index in [2.05, 4.69) is 75.7 Å². The van der Waals surface area contributed by atoms with E-state index in [4.69, 9.17) is 14.2 Å². The average molecular weight is 564 g/mol. The van der Waals surface area contributed by atoms with Crippen molar-refractivity contribution in [1.82, 2.24) is 20.4 Å². The first kappa shape index (κ1) is 27.9. The van der Waals surface area contributed by atoms with Crippen LogP contribution in [-0.2, 0) is 11.2 Å². The SMILES string of the molecule is COC(=O)c1ccc(-c2ccc(-c3noc(N4CCN(CCc5cccc(C)c5)CC4)n3)cc2)cc1C1=CCNCC1. The molecule has 0 bridgehead atoms. The lowest BCUT2D eigenvalue weighted by atomic mass is 9.91. The van der Waals surface area contributed by atoms with Crippen molar-refractivity contribution < 1.29 is 14.1 Å². The van der Waals surface area contributed by atoms with Crippen molar-refractivity contribution in [1.29, 1.82) is 0 Å². The van der Waals surface area contributed by atoms with Crippen LogP contribution in [0, 0.1) is 6.92 Å². The molecule has 8 nitrogen and oxygen atoms in total. The number of nitrogens with one attached hydrogen (secondary N) is 1. The van der Waals surface area contributed by atoms with E-state index in [-0.39, 0.29) is 5.97 Å². The van der Waals surface area contributed by atoms with Crippen LogP contribution in [0.25, 0.3) is 28.1 Å². The van der Waals surface area contributed by atoms with Crippen molar-refractivity contribution in [2.45, 2.75) is 19.8 Å². The van der Waals surface area contributed by atoms with Gasteiger partial charge in [-0.3, -0.25) is 4.90 Å². The number of nitrogens with zero attached hydrogens (tertiary/aromatic N) is 4. The summed E-state index contributed by atoms with van der Waals surface area (Å²) in [4.78, 5) is 21.8. The number of benzene rings is 3. The van der Waals surface area contributed by atoms with Gasteiger partial charge in [0.25, 0.3) is 0 Å². The Morgan fingerprint density at radius 3 is 2.50 bits per heavy atom. The van der Waals surface area contributed by atoms with Gasteiger partial charge in [0.2, 0.25) is 5.82 Å². The fourth-order valence-corrected chi connectivity index (χ4v) is 5.74. The van der Waals surface area contributed by atoms with Gasteiger partial charge in [-0.05, 0) is 66.3 Å². The monoisotopic (exact) mass is 563 g/mol. The molecule has 0 unspecified atom stereocenters. The molecular weight excluding hydrogens is 526 g/mol.